The van der Waals surface area contributed by atoms with Crippen molar-refractivity contribution in [2.45, 2.75) is 19.3 Å². The maximum absolute atomic E-state index is 11.3. The van der Waals surface area contributed by atoms with Crippen LogP contribution in [0.3, 0.4) is 0 Å². The minimum atomic E-state index is -0.889. The van der Waals surface area contributed by atoms with Crippen LogP contribution in [0.4, 0.5) is 0 Å². The molecule has 0 spiro atoms. The number of benzene rings is 2. The number of nitrogens with one attached hydrogen (secondary N) is 4. The fourth-order valence-corrected chi connectivity index (χ4v) is 2.82. The molecule has 0 saturated carbocycles. The molecule has 0 aliphatic carbocycles. The van der Waals surface area contributed by atoms with Crippen LogP contribution >= 0.6 is 0 Å². The van der Waals surface area contributed by atoms with Crippen molar-refractivity contribution in [3.05, 3.63) is 70.8 Å². The summed E-state index contributed by atoms with van der Waals surface area (Å²) < 4.78 is 0. The number of carboxylic acids is 1. The SMILES string of the molecule is CN(Cc1cccc(C2NNNN2)c1)Cc1ccccc1C(=O)O. The lowest BCUT2D eigenvalue weighted by molar-refractivity contribution is 0.0694. The van der Waals surface area contributed by atoms with Crippen LogP contribution in [0.2, 0.25) is 0 Å². The highest BCUT2D eigenvalue weighted by Crippen LogP contribution is 2.16. The molecule has 0 amide bonds. The zero-order valence-corrected chi connectivity index (χ0v) is 13.4. The van der Waals surface area contributed by atoms with E-state index in [1.165, 1.54) is 5.56 Å². The van der Waals surface area contributed by atoms with E-state index in [9.17, 15) is 9.90 Å². The molecule has 1 saturated heterocycles. The van der Waals surface area contributed by atoms with Gasteiger partial charge in [0.2, 0.25) is 0 Å². The molecule has 3 rings (SSSR count). The van der Waals surface area contributed by atoms with Gasteiger partial charge in [-0.1, -0.05) is 42.5 Å². The quantitative estimate of drug-likeness (QED) is 0.543. The van der Waals surface area contributed by atoms with Crippen LogP contribution < -0.4 is 21.9 Å². The number of aromatic carboxylic acids is 1. The predicted molar refractivity (Wildman–Crippen MR) is 90.3 cm³/mol. The number of hydrogen-bond donors (Lipinski definition) is 5. The molecule has 24 heavy (non-hydrogen) atoms. The van der Waals surface area contributed by atoms with Gasteiger partial charge in [-0.05, 0) is 29.8 Å². The smallest absolute Gasteiger partial charge is 0.336 e. The van der Waals surface area contributed by atoms with E-state index in [1.54, 1.807) is 12.1 Å². The Morgan fingerprint density at radius 1 is 1.08 bits per heavy atom. The van der Waals surface area contributed by atoms with Crippen molar-refractivity contribution >= 4 is 5.97 Å². The Kier molecular flexibility index (Phi) is 5.19. The maximum atomic E-state index is 11.3. The number of hydrazine groups is 3. The first-order valence-electron chi connectivity index (χ1n) is 7.73. The van der Waals surface area contributed by atoms with Gasteiger partial charge in [-0.15, -0.1) is 0 Å². The highest BCUT2D eigenvalue weighted by atomic mass is 16.4. The van der Waals surface area contributed by atoms with Crippen LogP contribution in [-0.2, 0) is 13.1 Å². The third-order valence-corrected chi connectivity index (χ3v) is 3.92. The summed E-state index contributed by atoms with van der Waals surface area (Å²) in [5.41, 5.74) is 15.2. The van der Waals surface area contributed by atoms with Gasteiger partial charge in [0.15, 0.2) is 0 Å². The zero-order chi connectivity index (χ0) is 16.9. The van der Waals surface area contributed by atoms with E-state index in [0.29, 0.717) is 12.1 Å². The number of nitrogens with zero attached hydrogens (tertiary/aromatic N) is 1. The van der Waals surface area contributed by atoms with Gasteiger partial charge in [0.1, 0.15) is 6.17 Å². The van der Waals surface area contributed by atoms with Crippen molar-refractivity contribution in [1.29, 1.82) is 0 Å². The van der Waals surface area contributed by atoms with E-state index in [4.69, 9.17) is 0 Å². The summed E-state index contributed by atoms with van der Waals surface area (Å²) >= 11 is 0. The Bertz CT molecular complexity index is 716. The third-order valence-electron chi connectivity index (χ3n) is 3.92. The monoisotopic (exact) mass is 327 g/mol. The Labute approximate surface area is 140 Å². The number of carboxylic acid groups (broad SMARTS) is 1. The Morgan fingerprint density at radius 2 is 1.83 bits per heavy atom. The van der Waals surface area contributed by atoms with Crippen LogP contribution in [0.25, 0.3) is 0 Å². The van der Waals surface area contributed by atoms with Gasteiger partial charge in [0.05, 0.1) is 5.56 Å². The molecule has 126 valence electrons. The highest BCUT2D eigenvalue weighted by molar-refractivity contribution is 5.89. The number of carbonyl (C=O) groups is 1. The first-order valence-corrected chi connectivity index (χ1v) is 7.73. The van der Waals surface area contributed by atoms with Crippen molar-refractivity contribution in [2.24, 2.45) is 0 Å². The molecule has 7 heteroatoms. The second-order valence-corrected chi connectivity index (χ2v) is 5.85. The fraction of sp³-hybridized carbons (Fsp3) is 0.235. The first-order chi connectivity index (χ1) is 11.6. The van der Waals surface area contributed by atoms with Crippen LogP contribution in [0.5, 0.6) is 0 Å². The lowest BCUT2D eigenvalue weighted by atomic mass is 10.1. The summed E-state index contributed by atoms with van der Waals surface area (Å²) in [5.74, 6) is -0.889. The van der Waals surface area contributed by atoms with Crippen molar-refractivity contribution in [3.63, 3.8) is 0 Å². The molecule has 0 unspecified atom stereocenters. The van der Waals surface area contributed by atoms with Gasteiger partial charge in [0, 0.05) is 13.1 Å². The standard InChI is InChI=1S/C17H21N5O2/c1-22(11-14-6-2-3-8-15(14)17(23)24)10-12-5-4-7-13(9-12)16-18-20-21-19-16/h2-9,16,18-21H,10-11H2,1H3,(H,23,24). The molecule has 0 aromatic heterocycles. The average Bonchev–Trinajstić information content (AvgIpc) is 3.10. The second kappa shape index (κ2) is 7.52. The van der Waals surface area contributed by atoms with E-state index in [0.717, 1.165) is 17.7 Å². The molecule has 1 aliphatic heterocycles. The van der Waals surface area contributed by atoms with E-state index in [1.807, 2.05) is 31.3 Å². The van der Waals surface area contributed by atoms with Crippen LogP contribution in [0.15, 0.2) is 48.5 Å². The molecule has 0 radical (unpaired) electrons. The second-order valence-electron chi connectivity index (χ2n) is 5.85. The predicted octanol–water partition coefficient (Wildman–Crippen LogP) is 1.13. The fourth-order valence-electron chi connectivity index (χ4n) is 2.82. The summed E-state index contributed by atoms with van der Waals surface area (Å²) in [6, 6.07) is 15.4. The van der Waals surface area contributed by atoms with E-state index >= 15 is 0 Å². The van der Waals surface area contributed by atoms with Gasteiger partial charge >= 0.3 is 5.97 Å². The Morgan fingerprint density at radius 3 is 2.58 bits per heavy atom. The van der Waals surface area contributed by atoms with Gasteiger partial charge < -0.3 is 5.11 Å². The third kappa shape index (κ3) is 3.97. The van der Waals surface area contributed by atoms with Gasteiger partial charge in [-0.3, -0.25) is 4.90 Å². The molecule has 2 aromatic carbocycles. The summed E-state index contributed by atoms with van der Waals surface area (Å²) in [5, 5.41) is 9.28. The molecule has 0 atom stereocenters. The topological polar surface area (TPSA) is 88.7 Å². The first kappa shape index (κ1) is 16.6. The van der Waals surface area contributed by atoms with Crippen molar-refractivity contribution < 1.29 is 9.90 Å². The van der Waals surface area contributed by atoms with Crippen LogP contribution in [-0.4, -0.2) is 23.0 Å². The van der Waals surface area contributed by atoms with Crippen LogP contribution in [0.1, 0.15) is 33.2 Å². The van der Waals surface area contributed by atoms with Crippen LogP contribution in [0, 0.1) is 0 Å². The zero-order valence-electron chi connectivity index (χ0n) is 13.4. The van der Waals surface area contributed by atoms with Crippen molar-refractivity contribution in [1.82, 2.24) is 26.8 Å². The Hall–Kier alpha value is -2.29. The van der Waals surface area contributed by atoms with E-state index in [-0.39, 0.29) is 6.17 Å². The van der Waals surface area contributed by atoms with Crippen molar-refractivity contribution in [3.8, 4) is 0 Å². The normalized spacial score (nSPS) is 15.1. The van der Waals surface area contributed by atoms with E-state index < -0.39 is 5.97 Å². The van der Waals surface area contributed by atoms with Gasteiger partial charge in [0.25, 0.3) is 0 Å². The molecular formula is C17H21N5O2. The Balaban J connectivity index is 1.68. The van der Waals surface area contributed by atoms with Gasteiger partial charge in [-0.2, -0.15) is 11.1 Å². The molecule has 7 nitrogen and oxygen atoms in total. The summed E-state index contributed by atoms with van der Waals surface area (Å²) in [6.07, 6.45) is 0.00277. The number of rotatable bonds is 6. The molecule has 1 fully saturated rings. The largest absolute Gasteiger partial charge is 0.478 e. The molecular weight excluding hydrogens is 306 g/mol. The maximum Gasteiger partial charge on any atom is 0.336 e. The molecule has 0 bridgehead atoms. The molecule has 1 aliphatic rings. The molecule has 5 N–H and O–H groups in total. The molecule has 1 heterocycles. The minimum Gasteiger partial charge on any atom is -0.478 e. The number of hydrogen-bond acceptors (Lipinski definition) is 6. The minimum absolute atomic E-state index is 0.00277. The molecule has 2 aromatic rings. The highest BCUT2D eigenvalue weighted by Gasteiger charge is 2.15. The lowest BCUT2D eigenvalue weighted by Gasteiger charge is -2.19. The summed E-state index contributed by atoms with van der Waals surface area (Å²) in [7, 11) is 1.99. The average molecular weight is 327 g/mol. The summed E-state index contributed by atoms with van der Waals surface area (Å²) in [6.45, 7) is 1.31. The lowest BCUT2D eigenvalue weighted by Crippen LogP contribution is -2.33. The summed E-state index contributed by atoms with van der Waals surface area (Å²) in [4.78, 5) is 13.4. The van der Waals surface area contributed by atoms with Gasteiger partial charge in [-0.25, -0.2) is 15.6 Å². The van der Waals surface area contributed by atoms with E-state index in [2.05, 4.69) is 39.0 Å². The van der Waals surface area contributed by atoms with Crippen molar-refractivity contribution in [2.75, 3.05) is 7.05 Å².